The second-order valence-corrected chi connectivity index (χ2v) is 14.6. The van der Waals surface area contributed by atoms with E-state index in [1.807, 2.05) is 48.5 Å². The van der Waals surface area contributed by atoms with Gasteiger partial charge in [0.25, 0.3) is 5.56 Å². The minimum Gasteiger partial charge on any atom is -0.497 e. The highest BCUT2D eigenvalue weighted by Crippen LogP contribution is 2.61. The second kappa shape index (κ2) is 13.5. The molecule has 3 aliphatic carbocycles. The van der Waals surface area contributed by atoms with Crippen LogP contribution in [0.1, 0.15) is 51.9 Å². The van der Waals surface area contributed by atoms with Gasteiger partial charge in [-0.2, -0.15) is 0 Å². The topological polar surface area (TPSA) is 93.0 Å². The third-order valence-electron chi connectivity index (χ3n) is 11.2. The summed E-state index contributed by atoms with van der Waals surface area (Å²) in [6, 6.07) is 20.5. The van der Waals surface area contributed by atoms with Gasteiger partial charge in [-0.3, -0.25) is 9.36 Å². The molecule has 8 rings (SSSR count). The summed E-state index contributed by atoms with van der Waals surface area (Å²) < 4.78 is 27.5. The first-order valence-corrected chi connectivity index (χ1v) is 17.5. The fraction of sp³-hybridized carbons (Fsp3) is 0.462. The third kappa shape index (κ3) is 6.63. The van der Waals surface area contributed by atoms with Crippen LogP contribution in [0.15, 0.2) is 76.5 Å². The Bertz CT molecular complexity index is 1910. The van der Waals surface area contributed by atoms with Gasteiger partial charge in [-0.15, -0.1) is 0 Å². The fourth-order valence-electron chi connectivity index (χ4n) is 8.15. The summed E-state index contributed by atoms with van der Waals surface area (Å²) in [5.74, 6) is 3.09. The number of aromatic nitrogens is 2. The fourth-order valence-corrected chi connectivity index (χ4v) is 8.15. The first-order chi connectivity index (χ1) is 23.6. The number of guanidine groups is 1. The quantitative estimate of drug-likeness (QED) is 0.168. The van der Waals surface area contributed by atoms with Gasteiger partial charge in [0, 0.05) is 37.4 Å². The predicted molar refractivity (Wildman–Crippen MR) is 192 cm³/mol. The van der Waals surface area contributed by atoms with Crippen LogP contribution in [0.4, 0.5) is 10.1 Å². The summed E-state index contributed by atoms with van der Waals surface area (Å²) in [6.45, 7) is 12.2. The Morgan fingerprint density at radius 2 is 1.92 bits per heavy atom. The van der Waals surface area contributed by atoms with Gasteiger partial charge in [-0.05, 0) is 78.8 Å². The highest BCUT2D eigenvalue weighted by molar-refractivity contribution is 5.96. The van der Waals surface area contributed by atoms with Crippen LogP contribution in [0.5, 0.6) is 11.5 Å². The van der Waals surface area contributed by atoms with Gasteiger partial charge in [0.1, 0.15) is 12.4 Å². The summed E-state index contributed by atoms with van der Waals surface area (Å²) in [4.78, 5) is 26.8. The van der Waals surface area contributed by atoms with E-state index < -0.39 is 5.82 Å². The molecule has 49 heavy (non-hydrogen) atoms. The van der Waals surface area contributed by atoms with Crippen molar-refractivity contribution in [3.8, 4) is 11.5 Å². The van der Waals surface area contributed by atoms with Gasteiger partial charge in [-0.25, -0.2) is 14.4 Å². The molecular weight excluding hydrogens is 619 g/mol. The van der Waals surface area contributed by atoms with Gasteiger partial charge in [0.2, 0.25) is 0 Å². The van der Waals surface area contributed by atoms with E-state index in [0.29, 0.717) is 58.2 Å². The number of anilines is 1. The van der Waals surface area contributed by atoms with Crippen molar-refractivity contribution in [2.75, 3.05) is 32.1 Å². The van der Waals surface area contributed by atoms with Crippen molar-refractivity contribution in [3.05, 3.63) is 94.3 Å². The minimum absolute atomic E-state index is 0.0564. The lowest BCUT2D eigenvalue weighted by Gasteiger charge is -2.61. The number of benzene rings is 3. The normalized spacial score (nSPS) is 24.7. The number of rotatable bonds is 8. The summed E-state index contributed by atoms with van der Waals surface area (Å²) in [5, 5.41) is 7.70. The van der Waals surface area contributed by atoms with Crippen molar-refractivity contribution in [2.24, 2.45) is 28.2 Å². The standard InChI is InChI=1S/C39H47FN6O3/c1-24-21-45(16-15-41-24)38(44-33-18-27-17-31(25(33)2)39(27,3)4)42-28-11-13-30-34(19-28)43-36(23-49-35-14-12-29(48-5)20-32(35)40)46(37(30)47)22-26-9-7-6-8-10-26/h6-14,19-20,24-25,27,31,33,41H,15-18,21-23H2,1-5H3,(H,42,44). The summed E-state index contributed by atoms with van der Waals surface area (Å²) in [6.07, 6.45) is 2.42. The molecule has 5 unspecified atom stereocenters. The van der Waals surface area contributed by atoms with Crippen molar-refractivity contribution >= 4 is 22.5 Å². The Hall–Kier alpha value is -4.44. The molecule has 1 aliphatic heterocycles. The summed E-state index contributed by atoms with van der Waals surface area (Å²) >= 11 is 0. The molecule has 3 saturated carbocycles. The van der Waals surface area contributed by atoms with Gasteiger partial charge in [0.15, 0.2) is 23.4 Å². The van der Waals surface area contributed by atoms with Crippen molar-refractivity contribution in [1.82, 2.24) is 19.8 Å². The molecular formula is C39H47FN6O3. The maximum absolute atomic E-state index is 14.8. The van der Waals surface area contributed by atoms with E-state index >= 15 is 0 Å². The zero-order valence-corrected chi connectivity index (χ0v) is 29.1. The van der Waals surface area contributed by atoms with Gasteiger partial charge in [-0.1, -0.05) is 51.1 Å². The zero-order valence-electron chi connectivity index (χ0n) is 29.1. The SMILES string of the molecule is COc1ccc(OCc2nc3cc(NC(=NC4CC5CC(C4C)C5(C)C)N4CCNC(C)C4)ccc3c(=O)n2Cc2ccccc2)c(F)c1. The number of hydrogen-bond acceptors (Lipinski definition) is 6. The number of piperazine rings is 1. The van der Waals surface area contributed by atoms with Crippen LogP contribution in [0.2, 0.25) is 0 Å². The lowest BCUT2D eigenvalue weighted by atomic mass is 9.45. The Morgan fingerprint density at radius 1 is 1.10 bits per heavy atom. The van der Waals surface area contributed by atoms with Crippen LogP contribution >= 0.6 is 0 Å². The van der Waals surface area contributed by atoms with Crippen molar-refractivity contribution in [2.45, 2.75) is 65.8 Å². The van der Waals surface area contributed by atoms with Crippen LogP contribution in [-0.2, 0) is 13.2 Å². The number of hydrogen-bond donors (Lipinski definition) is 2. The van der Waals surface area contributed by atoms with E-state index in [4.69, 9.17) is 19.5 Å². The number of nitrogens with zero attached hydrogens (tertiary/aromatic N) is 4. The molecule has 9 nitrogen and oxygen atoms in total. The Morgan fingerprint density at radius 3 is 2.63 bits per heavy atom. The predicted octanol–water partition coefficient (Wildman–Crippen LogP) is 6.30. The summed E-state index contributed by atoms with van der Waals surface area (Å²) in [5.41, 5.74) is 2.50. The Balaban J connectivity index is 1.22. The van der Waals surface area contributed by atoms with Crippen LogP contribution in [0.25, 0.3) is 10.9 Å². The molecule has 2 bridgehead atoms. The molecule has 2 heterocycles. The van der Waals surface area contributed by atoms with Gasteiger partial charge in [0.05, 0.1) is 30.6 Å². The van der Waals surface area contributed by atoms with Crippen LogP contribution < -0.4 is 25.7 Å². The second-order valence-electron chi connectivity index (χ2n) is 14.6. The highest BCUT2D eigenvalue weighted by atomic mass is 19.1. The third-order valence-corrected chi connectivity index (χ3v) is 11.2. The van der Waals surface area contributed by atoms with Gasteiger partial charge < -0.3 is 25.0 Å². The van der Waals surface area contributed by atoms with E-state index in [1.165, 1.54) is 25.7 Å². The monoisotopic (exact) mass is 666 g/mol. The molecule has 4 aromatic rings. The highest BCUT2D eigenvalue weighted by Gasteiger charge is 2.56. The smallest absolute Gasteiger partial charge is 0.261 e. The van der Waals surface area contributed by atoms with Gasteiger partial charge >= 0.3 is 0 Å². The Kier molecular flexibility index (Phi) is 9.09. The number of nitrogens with one attached hydrogen (secondary N) is 2. The molecule has 0 spiro atoms. The van der Waals surface area contributed by atoms with E-state index in [-0.39, 0.29) is 24.0 Å². The van der Waals surface area contributed by atoms with E-state index in [9.17, 15) is 9.18 Å². The molecule has 0 amide bonds. The molecule has 4 aliphatic rings. The molecule has 258 valence electrons. The first-order valence-electron chi connectivity index (χ1n) is 17.5. The lowest BCUT2D eigenvalue weighted by molar-refractivity contribution is -0.108. The molecule has 5 atom stereocenters. The number of aliphatic imine (C=N–C) groups is 1. The molecule has 10 heteroatoms. The molecule has 3 aromatic carbocycles. The molecule has 2 N–H and O–H groups in total. The zero-order chi connectivity index (χ0) is 34.3. The number of halogens is 1. The van der Waals surface area contributed by atoms with Crippen LogP contribution in [-0.4, -0.2) is 59.2 Å². The minimum atomic E-state index is -0.550. The van der Waals surface area contributed by atoms with Crippen LogP contribution in [0, 0.1) is 29.0 Å². The number of ether oxygens (including phenoxy) is 2. The molecule has 4 fully saturated rings. The van der Waals surface area contributed by atoms with Crippen molar-refractivity contribution in [1.29, 1.82) is 0 Å². The first kappa shape index (κ1) is 33.1. The average molecular weight is 667 g/mol. The average Bonchev–Trinajstić information content (AvgIpc) is 3.09. The Labute approximate surface area is 287 Å². The molecule has 1 aromatic heterocycles. The molecule has 1 saturated heterocycles. The largest absolute Gasteiger partial charge is 0.497 e. The van der Waals surface area contributed by atoms with Crippen molar-refractivity contribution < 1.29 is 13.9 Å². The maximum Gasteiger partial charge on any atom is 0.261 e. The maximum atomic E-state index is 14.8. The lowest BCUT2D eigenvalue weighted by Crippen LogP contribution is -2.57. The van der Waals surface area contributed by atoms with E-state index in [2.05, 4.69) is 43.2 Å². The molecule has 0 radical (unpaired) electrons. The van der Waals surface area contributed by atoms with E-state index in [1.54, 1.807) is 10.6 Å². The number of methoxy groups -OCH3 is 1. The van der Waals surface area contributed by atoms with E-state index in [0.717, 1.165) is 43.3 Å². The summed E-state index contributed by atoms with van der Waals surface area (Å²) in [7, 11) is 1.48. The van der Waals surface area contributed by atoms with Crippen LogP contribution in [0.3, 0.4) is 0 Å². The number of fused-ring (bicyclic) bond motifs is 3. The van der Waals surface area contributed by atoms with Crippen molar-refractivity contribution in [3.63, 3.8) is 0 Å².